The fraction of sp³-hybridized carbons (Fsp3) is 0.846. The minimum atomic E-state index is -0.354. The summed E-state index contributed by atoms with van der Waals surface area (Å²) in [6.45, 7) is 4.31. The predicted octanol–water partition coefficient (Wildman–Crippen LogP) is -0.0399. The molecule has 3 fully saturated rings. The van der Waals surface area contributed by atoms with Crippen LogP contribution in [0.4, 0.5) is 0 Å². The molecule has 0 aromatic carbocycles. The van der Waals surface area contributed by atoms with Crippen LogP contribution in [0.2, 0.25) is 0 Å². The molecule has 3 heterocycles. The van der Waals surface area contributed by atoms with Gasteiger partial charge in [-0.3, -0.25) is 9.59 Å². The lowest BCUT2D eigenvalue weighted by Gasteiger charge is -2.43. The molecular weight excluding hydrogens is 230 g/mol. The summed E-state index contributed by atoms with van der Waals surface area (Å²) in [6.07, 6.45) is 4.59. The van der Waals surface area contributed by atoms with Crippen molar-refractivity contribution in [1.29, 1.82) is 0 Å². The van der Waals surface area contributed by atoms with Crippen LogP contribution in [0, 0.1) is 0 Å². The monoisotopic (exact) mass is 251 g/mol. The second-order valence-electron chi connectivity index (χ2n) is 5.77. The van der Waals surface area contributed by atoms with E-state index in [4.69, 9.17) is 0 Å². The molecule has 3 saturated heterocycles. The van der Waals surface area contributed by atoms with Crippen LogP contribution in [0.1, 0.15) is 32.6 Å². The maximum Gasteiger partial charge on any atom is 0.245 e. The first-order valence-electron chi connectivity index (χ1n) is 6.99. The van der Waals surface area contributed by atoms with Crippen molar-refractivity contribution in [1.82, 2.24) is 15.1 Å². The molecule has 0 aliphatic carbocycles. The van der Waals surface area contributed by atoms with Gasteiger partial charge in [0.15, 0.2) is 0 Å². The van der Waals surface area contributed by atoms with Crippen LogP contribution in [0.5, 0.6) is 0 Å². The van der Waals surface area contributed by atoms with Gasteiger partial charge < -0.3 is 15.1 Å². The summed E-state index contributed by atoms with van der Waals surface area (Å²) in [5.74, 6) is 0.0713. The summed E-state index contributed by atoms with van der Waals surface area (Å²) in [5, 5.41) is 2.70. The average Bonchev–Trinajstić information content (AvgIpc) is 2.80. The summed E-state index contributed by atoms with van der Waals surface area (Å²) < 4.78 is 0. The third kappa shape index (κ3) is 2.00. The summed E-state index contributed by atoms with van der Waals surface area (Å²) in [5.41, 5.74) is 0. The van der Waals surface area contributed by atoms with Crippen molar-refractivity contribution in [2.45, 2.75) is 50.7 Å². The highest BCUT2D eigenvalue weighted by molar-refractivity contribution is 5.94. The SMILES string of the molecule is CC1NC(=O)CN(C2CCN3CCCC3C2)C1=O. The number of carbonyl (C=O) groups is 2. The van der Waals surface area contributed by atoms with E-state index in [9.17, 15) is 9.59 Å². The van der Waals surface area contributed by atoms with Crippen molar-refractivity contribution in [2.24, 2.45) is 0 Å². The Hall–Kier alpha value is -1.10. The molecule has 5 nitrogen and oxygen atoms in total. The van der Waals surface area contributed by atoms with Crippen LogP contribution in [0.3, 0.4) is 0 Å². The highest BCUT2D eigenvalue weighted by Gasteiger charge is 2.39. The van der Waals surface area contributed by atoms with Crippen molar-refractivity contribution in [3.8, 4) is 0 Å². The Kier molecular flexibility index (Phi) is 3.01. The van der Waals surface area contributed by atoms with Gasteiger partial charge in [-0.05, 0) is 39.2 Å². The quantitative estimate of drug-likeness (QED) is 0.711. The van der Waals surface area contributed by atoms with Crippen molar-refractivity contribution in [3.05, 3.63) is 0 Å². The molecule has 1 N–H and O–H groups in total. The molecule has 3 aliphatic heterocycles. The molecule has 3 aliphatic rings. The Balaban J connectivity index is 1.70. The molecule has 3 rings (SSSR count). The zero-order valence-electron chi connectivity index (χ0n) is 10.9. The van der Waals surface area contributed by atoms with Gasteiger partial charge in [0.25, 0.3) is 0 Å². The normalized spacial score (nSPS) is 37.6. The first-order valence-corrected chi connectivity index (χ1v) is 6.99. The smallest absolute Gasteiger partial charge is 0.245 e. The van der Waals surface area contributed by atoms with Crippen molar-refractivity contribution < 1.29 is 9.59 Å². The summed E-state index contributed by atoms with van der Waals surface area (Å²) in [4.78, 5) is 28.1. The number of nitrogens with one attached hydrogen (secondary N) is 1. The number of amides is 2. The van der Waals surface area contributed by atoms with Gasteiger partial charge in [-0.15, -0.1) is 0 Å². The van der Waals surface area contributed by atoms with Gasteiger partial charge in [-0.2, -0.15) is 0 Å². The van der Waals surface area contributed by atoms with Crippen LogP contribution >= 0.6 is 0 Å². The Morgan fingerprint density at radius 1 is 1.17 bits per heavy atom. The highest BCUT2D eigenvalue weighted by atomic mass is 16.2. The molecule has 5 heteroatoms. The maximum absolute atomic E-state index is 12.2. The van der Waals surface area contributed by atoms with Gasteiger partial charge in [-0.1, -0.05) is 0 Å². The number of hydrogen-bond donors (Lipinski definition) is 1. The van der Waals surface area contributed by atoms with Gasteiger partial charge in [-0.25, -0.2) is 0 Å². The van der Waals surface area contributed by atoms with Crippen LogP contribution < -0.4 is 5.32 Å². The van der Waals surface area contributed by atoms with E-state index in [2.05, 4.69) is 10.2 Å². The number of carbonyl (C=O) groups excluding carboxylic acids is 2. The van der Waals surface area contributed by atoms with Gasteiger partial charge >= 0.3 is 0 Å². The molecule has 3 unspecified atom stereocenters. The zero-order chi connectivity index (χ0) is 12.7. The zero-order valence-corrected chi connectivity index (χ0v) is 10.9. The third-order valence-corrected chi connectivity index (χ3v) is 4.58. The Labute approximate surface area is 107 Å². The van der Waals surface area contributed by atoms with Crippen LogP contribution in [0.25, 0.3) is 0 Å². The van der Waals surface area contributed by atoms with Gasteiger partial charge in [0, 0.05) is 18.6 Å². The molecule has 100 valence electrons. The lowest BCUT2D eigenvalue weighted by molar-refractivity contribution is -0.147. The molecule has 0 saturated carbocycles. The number of fused-ring (bicyclic) bond motifs is 1. The highest BCUT2D eigenvalue weighted by Crippen LogP contribution is 2.30. The third-order valence-electron chi connectivity index (χ3n) is 4.58. The van der Waals surface area contributed by atoms with E-state index in [1.807, 2.05) is 4.90 Å². The number of rotatable bonds is 1. The Bertz CT molecular complexity index is 371. The summed E-state index contributed by atoms with van der Waals surface area (Å²) in [6, 6.07) is 0.551. The molecular formula is C13H21N3O2. The molecule has 0 radical (unpaired) electrons. The molecule has 2 amide bonds. The lowest BCUT2D eigenvalue weighted by Crippen LogP contribution is -2.61. The maximum atomic E-state index is 12.2. The second-order valence-corrected chi connectivity index (χ2v) is 5.77. The van der Waals surface area contributed by atoms with E-state index < -0.39 is 0 Å². The van der Waals surface area contributed by atoms with Crippen LogP contribution in [0.15, 0.2) is 0 Å². The van der Waals surface area contributed by atoms with Crippen LogP contribution in [-0.4, -0.2) is 59.4 Å². The van der Waals surface area contributed by atoms with Gasteiger partial charge in [0.1, 0.15) is 6.04 Å². The molecule has 0 bridgehead atoms. The van der Waals surface area contributed by atoms with Gasteiger partial charge in [0.2, 0.25) is 11.8 Å². The van der Waals surface area contributed by atoms with E-state index in [1.165, 1.54) is 19.4 Å². The number of piperidine rings is 1. The topological polar surface area (TPSA) is 52.7 Å². The molecule has 0 spiro atoms. The Morgan fingerprint density at radius 2 is 2.00 bits per heavy atom. The fourth-order valence-electron chi connectivity index (χ4n) is 3.63. The number of piperazine rings is 1. The molecule has 18 heavy (non-hydrogen) atoms. The van der Waals surface area contributed by atoms with E-state index in [1.54, 1.807) is 6.92 Å². The second kappa shape index (κ2) is 4.53. The standard InChI is InChI=1S/C13H21N3O2/c1-9-13(18)16(8-12(17)14-9)11-4-6-15-5-2-3-10(15)7-11/h9-11H,2-8H2,1H3,(H,14,17). The van der Waals surface area contributed by atoms with Crippen LogP contribution in [-0.2, 0) is 9.59 Å². The lowest BCUT2D eigenvalue weighted by atomic mass is 9.95. The first-order chi connectivity index (χ1) is 8.65. The summed E-state index contributed by atoms with van der Waals surface area (Å²) >= 11 is 0. The largest absolute Gasteiger partial charge is 0.343 e. The summed E-state index contributed by atoms with van der Waals surface area (Å²) in [7, 11) is 0. The van der Waals surface area contributed by atoms with Crippen molar-refractivity contribution in [3.63, 3.8) is 0 Å². The first kappa shape index (κ1) is 12.0. The van der Waals surface area contributed by atoms with E-state index >= 15 is 0 Å². The predicted molar refractivity (Wildman–Crippen MR) is 66.9 cm³/mol. The fourth-order valence-corrected chi connectivity index (χ4v) is 3.63. The van der Waals surface area contributed by atoms with E-state index in [0.29, 0.717) is 6.04 Å². The van der Waals surface area contributed by atoms with Gasteiger partial charge in [0.05, 0.1) is 6.54 Å². The number of nitrogens with zero attached hydrogens (tertiary/aromatic N) is 2. The average molecular weight is 251 g/mol. The minimum absolute atomic E-state index is 0.0176. The Morgan fingerprint density at radius 3 is 2.83 bits per heavy atom. The molecule has 0 aromatic heterocycles. The number of hydrogen-bond acceptors (Lipinski definition) is 3. The molecule has 3 atom stereocenters. The van der Waals surface area contributed by atoms with E-state index in [-0.39, 0.29) is 30.4 Å². The van der Waals surface area contributed by atoms with E-state index in [0.717, 1.165) is 19.4 Å². The van der Waals surface area contributed by atoms with Crippen molar-refractivity contribution in [2.75, 3.05) is 19.6 Å². The van der Waals surface area contributed by atoms with Crippen molar-refractivity contribution >= 4 is 11.8 Å². The minimum Gasteiger partial charge on any atom is -0.343 e. The molecule has 0 aromatic rings.